The molecule has 6 nitrogen and oxygen atoms in total. The van der Waals surface area contributed by atoms with Crippen molar-refractivity contribution in [2.75, 3.05) is 18.0 Å². The van der Waals surface area contributed by atoms with Crippen LogP contribution in [0.1, 0.15) is 41.9 Å². The number of carbonyl (C=O) groups excluding carboxylic acids is 1. The summed E-state index contributed by atoms with van der Waals surface area (Å²) in [5.41, 5.74) is 14.1. The first kappa shape index (κ1) is 19.4. The Balaban J connectivity index is 1.76. The summed E-state index contributed by atoms with van der Waals surface area (Å²) in [5, 5.41) is 0.748. The molecule has 1 amide bonds. The third-order valence-electron chi connectivity index (χ3n) is 6.18. The smallest absolute Gasteiger partial charge is 0.268 e. The summed E-state index contributed by atoms with van der Waals surface area (Å²) in [6, 6.07) is 5.46. The van der Waals surface area contributed by atoms with Gasteiger partial charge in [-0.2, -0.15) is 0 Å². The summed E-state index contributed by atoms with van der Waals surface area (Å²) in [7, 11) is 0. The lowest BCUT2D eigenvalue weighted by molar-refractivity contribution is 0.0996. The van der Waals surface area contributed by atoms with E-state index >= 15 is 0 Å². The minimum Gasteiger partial charge on any atom is -0.364 e. The number of hydrogen-bond acceptors (Lipinski definition) is 5. The number of aromatic nitrogens is 2. The lowest BCUT2D eigenvalue weighted by Gasteiger charge is -2.28. The van der Waals surface area contributed by atoms with Gasteiger partial charge in [-0.25, -0.2) is 9.97 Å². The molecular formula is C20H23Cl2N5O. The number of benzene rings is 1. The number of halogens is 2. The Kier molecular flexibility index (Phi) is 4.98. The summed E-state index contributed by atoms with van der Waals surface area (Å²) < 4.78 is 0. The molecule has 1 aliphatic carbocycles. The zero-order valence-corrected chi connectivity index (χ0v) is 17.2. The highest BCUT2D eigenvalue weighted by Gasteiger charge is 2.46. The van der Waals surface area contributed by atoms with Crippen LogP contribution in [-0.2, 0) is 0 Å². The predicted octanol–water partition coefficient (Wildman–Crippen LogP) is 3.57. The van der Waals surface area contributed by atoms with Crippen molar-refractivity contribution in [3.05, 3.63) is 39.6 Å². The monoisotopic (exact) mass is 419 g/mol. The summed E-state index contributed by atoms with van der Waals surface area (Å²) in [6.07, 6.45) is 4.37. The minimum absolute atomic E-state index is 0.124. The van der Waals surface area contributed by atoms with E-state index in [1.54, 1.807) is 18.2 Å². The fraction of sp³-hybridized carbons (Fsp3) is 0.450. The van der Waals surface area contributed by atoms with Gasteiger partial charge in [-0.1, -0.05) is 41.8 Å². The predicted molar refractivity (Wildman–Crippen MR) is 112 cm³/mol. The van der Waals surface area contributed by atoms with Crippen LogP contribution < -0.4 is 16.4 Å². The van der Waals surface area contributed by atoms with Crippen molar-refractivity contribution in [3.8, 4) is 11.1 Å². The number of aryl methyl sites for hydroxylation is 1. The van der Waals surface area contributed by atoms with Crippen LogP contribution in [0.3, 0.4) is 0 Å². The standard InChI is InChI=1S/C20H23Cl2N5O/c1-11-15(12-4-2-5-13(21)16(12)22)17(18(24)28)26-19(25-11)27-9-8-20(10-27)7-3-6-14(20)23/h2,4-5,14H,3,6-10,23H2,1H3,(H2,24,28)/t14?,20-/m1/s1. The molecule has 1 spiro atoms. The number of nitrogens with zero attached hydrogens (tertiary/aromatic N) is 3. The molecule has 8 heteroatoms. The largest absolute Gasteiger partial charge is 0.364 e. The highest BCUT2D eigenvalue weighted by atomic mass is 35.5. The summed E-state index contributed by atoms with van der Waals surface area (Å²) in [4.78, 5) is 23.6. The molecule has 2 fully saturated rings. The molecule has 1 aromatic carbocycles. The molecule has 4 rings (SSSR count). The van der Waals surface area contributed by atoms with Gasteiger partial charge in [0.25, 0.3) is 5.91 Å². The maximum Gasteiger partial charge on any atom is 0.268 e. The highest BCUT2D eigenvalue weighted by molar-refractivity contribution is 6.43. The number of carbonyl (C=O) groups is 1. The van der Waals surface area contributed by atoms with E-state index in [-0.39, 0.29) is 17.2 Å². The molecule has 2 heterocycles. The molecule has 28 heavy (non-hydrogen) atoms. The van der Waals surface area contributed by atoms with Crippen LogP contribution in [0.5, 0.6) is 0 Å². The van der Waals surface area contributed by atoms with Gasteiger partial charge >= 0.3 is 0 Å². The highest BCUT2D eigenvalue weighted by Crippen LogP contribution is 2.45. The summed E-state index contributed by atoms with van der Waals surface area (Å²) in [6.45, 7) is 3.46. The summed E-state index contributed by atoms with van der Waals surface area (Å²) >= 11 is 12.5. The van der Waals surface area contributed by atoms with Gasteiger partial charge in [-0.15, -0.1) is 0 Å². The van der Waals surface area contributed by atoms with Gasteiger partial charge in [0.15, 0.2) is 0 Å². The van der Waals surface area contributed by atoms with Crippen LogP contribution in [0.2, 0.25) is 10.0 Å². The number of nitrogens with two attached hydrogens (primary N) is 2. The normalized spacial score (nSPS) is 24.3. The van der Waals surface area contributed by atoms with Crippen molar-refractivity contribution in [2.24, 2.45) is 16.9 Å². The Labute approximate surface area is 174 Å². The fourth-order valence-corrected chi connectivity index (χ4v) is 5.03. The molecule has 4 N–H and O–H groups in total. The van der Waals surface area contributed by atoms with E-state index < -0.39 is 5.91 Å². The van der Waals surface area contributed by atoms with Crippen LogP contribution in [0.4, 0.5) is 5.95 Å². The van der Waals surface area contributed by atoms with Crippen LogP contribution in [0, 0.1) is 12.3 Å². The quantitative estimate of drug-likeness (QED) is 0.791. The Morgan fingerprint density at radius 3 is 2.75 bits per heavy atom. The van der Waals surface area contributed by atoms with E-state index in [9.17, 15) is 4.79 Å². The molecular weight excluding hydrogens is 397 g/mol. The molecule has 1 saturated carbocycles. The third-order valence-corrected chi connectivity index (χ3v) is 7.00. The van der Waals surface area contributed by atoms with Crippen LogP contribution in [0.15, 0.2) is 18.2 Å². The Morgan fingerprint density at radius 1 is 1.29 bits per heavy atom. The number of anilines is 1. The van der Waals surface area contributed by atoms with Gasteiger partial charge < -0.3 is 16.4 Å². The van der Waals surface area contributed by atoms with Crippen molar-refractivity contribution < 1.29 is 4.79 Å². The lowest BCUT2D eigenvalue weighted by Crippen LogP contribution is -2.39. The molecule has 1 aromatic heterocycles. The fourth-order valence-electron chi connectivity index (χ4n) is 4.64. The van der Waals surface area contributed by atoms with Gasteiger partial charge in [-0.05, 0) is 32.3 Å². The molecule has 2 atom stereocenters. The molecule has 1 aliphatic heterocycles. The van der Waals surface area contributed by atoms with Crippen molar-refractivity contribution in [1.29, 1.82) is 0 Å². The second-order valence-electron chi connectivity index (χ2n) is 7.83. The third kappa shape index (κ3) is 3.13. The van der Waals surface area contributed by atoms with E-state index in [0.29, 0.717) is 32.8 Å². The van der Waals surface area contributed by atoms with Gasteiger partial charge in [-0.3, -0.25) is 4.79 Å². The first-order chi connectivity index (χ1) is 13.3. The van der Waals surface area contributed by atoms with Crippen molar-refractivity contribution in [2.45, 2.75) is 38.6 Å². The second-order valence-corrected chi connectivity index (χ2v) is 8.62. The maximum absolute atomic E-state index is 12.2. The number of amides is 1. The average Bonchev–Trinajstić information content (AvgIpc) is 3.24. The van der Waals surface area contributed by atoms with E-state index in [4.69, 9.17) is 34.7 Å². The zero-order chi connectivity index (χ0) is 20.1. The Morgan fingerprint density at radius 2 is 2.07 bits per heavy atom. The van der Waals surface area contributed by atoms with Crippen molar-refractivity contribution in [1.82, 2.24) is 9.97 Å². The minimum atomic E-state index is -0.621. The lowest BCUT2D eigenvalue weighted by atomic mass is 9.82. The van der Waals surface area contributed by atoms with Gasteiger partial charge in [0.1, 0.15) is 5.69 Å². The molecule has 1 unspecified atom stereocenters. The molecule has 2 aromatic rings. The van der Waals surface area contributed by atoms with Crippen molar-refractivity contribution >= 4 is 35.1 Å². The molecule has 0 bridgehead atoms. The first-order valence-electron chi connectivity index (χ1n) is 9.46. The maximum atomic E-state index is 12.2. The molecule has 148 valence electrons. The van der Waals surface area contributed by atoms with E-state index in [0.717, 1.165) is 38.8 Å². The van der Waals surface area contributed by atoms with Crippen LogP contribution in [0.25, 0.3) is 11.1 Å². The topological polar surface area (TPSA) is 98.1 Å². The van der Waals surface area contributed by atoms with Crippen LogP contribution in [-0.4, -0.2) is 35.0 Å². The Bertz CT molecular complexity index is 950. The van der Waals surface area contributed by atoms with E-state index in [1.807, 2.05) is 6.92 Å². The van der Waals surface area contributed by atoms with Crippen molar-refractivity contribution in [3.63, 3.8) is 0 Å². The molecule has 2 aliphatic rings. The van der Waals surface area contributed by atoms with Gasteiger partial charge in [0.05, 0.1) is 15.7 Å². The number of hydrogen-bond donors (Lipinski definition) is 2. The average molecular weight is 420 g/mol. The van der Waals surface area contributed by atoms with Gasteiger partial charge in [0.2, 0.25) is 5.95 Å². The Hall–Kier alpha value is -1.89. The van der Waals surface area contributed by atoms with E-state index in [2.05, 4.69) is 14.9 Å². The molecule has 0 radical (unpaired) electrons. The SMILES string of the molecule is Cc1nc(N2CC[C@]3(CCCC3N)C2)nc(C(N)=O)c1-c1cccc(Cl)c1Cl. The van der Waals surface area contributed by atoms with E-state index in [1.165, 1.54) is 0 Å². The number of primary amides is 1. The van der Waals surface area contributed by atoms with Crippen LogP contribution >= 0.6 is 23.2 Å². The zero-order valence-electron chi connectivity index (χ0n) is 15.7. The summed E-state index contributed by atoms with van der Waals surface area (Å²) in [5.74, 6) is -0.103. The first-order valence-corrected chi connectivity index (χ1v) is 10.2. The second kappa shape index (κ2) is 7.17. The van der Waals surface area contributed by atoms with Gasteiger partial charge in [0, 0.05) is 35.7 Å². The number of rotatable bonds is 3. The molecule has 1 saturated heterocycles.